The minimum atomic E-state index is -0.356. The molecule has 2 rings (SSSR count). The molecule has 0 fully saturated rings. The topological polar surface area (TPSA) is 90.6 Å². The number of amides is 1. The molecule has 0 bridgehead atoms. The van der Waals surface area contributed by atoms with E-state index in [0.29, 0.717) is 11.4 Å². The van der Waals surface area contributed by atoms with Crippen molar-refractivity contribution in [3.05, 3.63) is 40.3 Å². The minimum absolute atomic E-state index is 0.151. The average Bonchev–Trinajstić information content (AvgIpc) is 2.75. The maximum absolute atomic E-state index is 11.3. The number of carbonyl (C=O) groups excluding carboxylic acids is 1. The molecule has 82 valence electrons. The highest BCUT2D eigenvalue weighted by atomic mass is 16.2. The van der Waals surface area contributed by atoms with E-state index < -0.39 is 0 Å². The van der Waals surface area contributed by atoms with Crippen LogP contribution in [0.15, 0.2) is 29.1 Å². The fraction of sp³-hybridized carbons (Fsp3) is 0.100. The van der Waals surface area contributed by atoms with Crippen molar-refractivity contribution in [1.82, 2.24) is 20.5 Å². The number of hydrogen-bond donors (Lipinski definition) is 3. The molecule has 2 aromatic rings. The predicted octanol–water partition coefficient (Wildman–Crippen LogP) is 0.125. The van der Waals surface area contributed by atoms with Gasteiger partial charge in [0.25, 0.3) is 5.91 Å². The standard InChI is InChI=1S/C10H10N4O2/c1-11-9(15)7-4-2-6(3-5-7)8-12-10(16)14-13-8/h2-5H,1H3,(H,11,15)(H2,12,13,14,16). The van der Waals surface area contributed by atoms with Crippen molar-refractivity contribution < 1.29 is 4.79 Å². The maximum Gasteiger partial charge on any atom is 0.340 e. The van der Waals surface area contributed by atoms with Crippen LogP contribution in [0.3, 0.4) is 0 Å². The van der Waals surface area contributed by atoms with E-state index in [-0.39, 0.29) is 11.6 Å². The van der Waals surface area contributed by atoms with Gasteiger partial charge in [0.05, 0.1) is 0 Å². The van der Waals surface area contributed by atoms with Gasteiger partial charge in [-0.15, -0.1) is 0 Å². The van der Waals surface area contributed by atoms with Gasteiger partial charge in [-0.25, -0.2) is 9.89 Å². The van der Waals surface area contributed by atoms with E-state index in [1.807, 2.05) is 0 Å². The third-order valence-corrected chi connectivity index (χ3v) is 2.15. The van der Waals surface area contributed by atoms with Crippen LogP contribution in [-0.2, 0) is 0 Å². The lowest BCUT2D eigenvalue weighted by molar-refractivity contribution is 0.0963. The van der Waals surface area contributed by atoms with E-state index in [1.54, 1.807) is 31.3 Å². The van der Waals surface area contributed by atoms with Crippen molar-refractivity contribution in [2.45, 2.75) is 0 Å². The van der Waals surface area contributed by atoms with Gasteiger partial charge in [-0.1, -0.05) is 12.1 Å². The molecule has 0 radical (unpaired) electrons. The summed E-state index contributed by atoms with van der Waals surface area (Å²) >= 11 is 0. The Labute approximate surface area is 90.7 Å². The molecule has 0 spiro atoms. The number of carbonyl (C=O) groups is 1. The summed E-state index contributed by atoms with van der Waals surface area (Å²) in [5, 5.41) is 8.59. The van der Waals surface area contributed by atoms with Crippen molar-refractivity contribution in [1.29, 1.82) is 0 Å². The first-order chi connectivity index (χ1) is 7.70. The van der Waals surface area contributed by atoms with Crippen molar-refractivity contribution in [2.75, 3.05) is 7.05 Å². The Morgan fingerprint density at radius 1 is 1.31 bits per heavy atom. The molecule has 0 unspecified atom stereocenters. The molecule has 0 saturated carbocycles. The second-order valence-electron chi connectivity index (χ2n) is 3.18. The number of hydrogen-bond acceptors (Lipinski definition) is 3. The molecule has 1 amide bonds. The number of nitrogens with zero attached hydrogens (tertiary/aromatic N) is 1. The quantitative estimate of drug-likeness (QED) is 0.668. The van der Waals surface area contributed by atoms with E-state index >= 15 is 0 Å². The van der Waals surface area contributed by atoms with Gasteiger partial charge < -0.3 is 5.32 Å². The van der Waals surface area contributed by atoms with Crippen LogP contribution in [0.25, 0.3) is 11.4 Å². The summed E-state index contributed by atoms with van der Waals surface area (Å²) < 4.78 is 0. The van der Waals surface area contributed by atoms with Crippen LogP contribution in [0.2, 0.25) is 0 Å². The van der Waals surface area contributed by atoms with Crippen molar-refractivity contribution in [3.63, 3.8) is 0 Å². The molecule has 16 heavy (non-hydrogen) atoms. The summed E-state index contributed by atoms with van der Waals surface area (Å²) in [6, 6.07) is 6.77. The van der Waals surface area contributed by atoms with Crippen LogP contribution in [-0.4, -0.2) is 28.1 Å². The number of nitrogens with one attached hydrogen (secondary N) is 3. The molecule has 0 atom stereocenters. The molecule has 1 aromatic carbocycles. The molecule has 0 aliphatic carbocycles. The Morgan fingerprint density at radius 2 is 2.00 bits per heavy atom. The van der Waals surface area contributed by atoms with Crippen LogP contribution in [0, 0.1) is 0 Å². The smallest absolute Gasteiger partial charge is 0.340 e. The van der Waals surface area contributed by atoms with Gasteiger partial charge in [-0.05, 0) is 12.1 Å². The third kappa shape index (κ3) is 1.85. The highest BCUT2D eigenvalue weighted by molar-refractivity contribution is 5.94. The zero-order valence-electron chi connectivity index (χ0n) is 8.57. The number of benzene rings is 1. The fourth-order valence-corrected chi connectivity index (χ4v) is 1.33. The molecule has 1 aromatic heterocycles. The number of rotatable bonds is 2. The van der Waals surface area contributed by atoms with Gasteiger partial charge >= 0.3 is 5.69 Å². The zero-order chi connectivity index (χ0) is 11.5. The highest BCUT2D eigenvalue weighted by Crippen LogP contribution is 2.13. The van der Waals surface area contributed by atoms with Gasteiger partial charge in [0.2, 0.25) is 0 Å². The van der Waals surface area contributed by atoms with E-state index in [4.69, 9.17) is 0 Å². The Morgan fingerprint density at radius 3 is 2.50 bits per heavy atom. The first-order valence-electron chi connectivity index (χ1n) is 4.68. The lowest BCUT2D eigenvalue weighted by Crippen LogP contribution is -2.17. The summed E-state index contributed by atoms with van der Waals surface area (Å²) in [7, 11) is 1.57. The first-order valence-corrected chi connectivity index (χ1v) is 4.68. The second-order valence-corrected chi connectivity index (χ2v) is 3.18. The molecule has 1 heterocycles. The second kappa shape index (κ2) is 4.01. The van der Waals surface area contributed by atoms with Gasteiger partial charge in [0, 0.05) is 18.2 Å². The van der Waals surface area contributed by atoms with Crippen molar-refractivity contribution in [2.24, 2.45) is 0 Å². The molecule has 6 heteroatoms. The molecule has 3 N–H and O–H groups in total. The van der Waals surface area contributed by atoms with Crippen molar-refractivity contribution >= 4 is 5.91 Å². The van der Waals surface area contributed by atoms with Gasteiger partial charge in [0.1, 0.15) is 0 Å². The minimum Gasteiger partial charge on any atom is -0.355 e. The van der Waals surface area contributed by atoms with E-state index in [2.05, 4.69) is 20.5 Å². The molecule has 6 nitrogen and oxygen atoms in total. The molecule has 0 saturated heterocycles. The number of H-pyrrole nitrogens is 2. The van der Waals surface area contributed by atoms with Gasteiger partial charge in [-0.2, -0.15) is 5.10 Å². The van der Waals surface area contributed by atoms with E-state index in [0.717, 1.165) is 5.56 Å². The monoisotopic (exact) mass is 218 g/mol. The SMILES string of the molecule is CNC(=O)c1ccc(-c2n[nH]c(=O)[nH]2)cc1. The average molecular weight is 218 g/mol. The Balaban J connectivity index is 2.32. The Bertz CT molecular complexity index is 553. The highest BCUT2D eigenvalue weighted by Gasteiger charge is 2.05. The number of aromatic nitrogens is 3. The van der Waals surface area contributed by atoms with E-state index in [9.17, 15) is 9.59 Å². The lowest BCUT2D eigenvalue weighted by atomic mass is 10.1. The summed E-state index contributed by atoms with van der Waals surface area (Å²) in [5.41, 5.74) is 0.945. The van der Waals surface area contributed by atoms with Crippen LogP contribution >= 0.6 is 0 Å². The summed E-state index contributed by atoms with van der Waals surface area (Å²) in [4.78, 5) is 24.7. The molecular formula is C10H10N4O2. The molecule has 0 aliphatic heterocycles. The Hall–Kier alpha value is -2.37. The summed E-state index contributed by atoms with van der Waals surface area (Å²) in [6.07, 6.45) is 0. The van der Waals surface area contributed by atoms with Crippen LogP contribution in [0.4, 0.5) is 0 Å². The van der Waals surface area contributed by atoms with Crippen LogP contribution in [0.5, 0.6) is 0 Å². The zero-order valence-corrected chi connectivity index (χ0v) is 8.57. The molecule has 0 aliphatic rings. The Kier molecular flexibility index (Phi) is 2.55. The van der Waals surface area contributed by atoms with Gasteiger partial charge in [-0.3, -0.25) is 9.78 Å². The largest absolute Gasteiger partial charge is 0.355 e. The molecular weight excluding hydrogens is 208 g/mol. The van der Waals surface area contributed by atoms with Crippen LogP contribution in [0.1, 0.15) is 10.4 Å². The van der Waals surface area contributed by atoms with Crippen LogP contribution < -0.4 is 11.0 Å². The maximum atomic E-state index is 11.3. The predicted molar refractivity (Wildman–Crippen MR) is 58.0 cm³/mol. The van der Waals surface area contributed by atoms with E-state index in [1.165, 1.54) is 0 Å². The normalized spacial score (nSPS) is 10.1. The first kappa shape index (κ1) is 10.2. The lowest BCUT2D eigenvalue weighted by Gasteiger charge is -2.00. The third-order valence-electron chi connectivity index (χ3n) is 2.15. The summed E-state index contributed by atoms with van der Waals surface area (Å²) in [6.45, 7) is 0. The van der Waals surface area contributed by atoms with Gasteiger partial charge in [0.15, 0.2) is 5.82 Å². The fourth-order valence-electron chi connectivity index (χ4n) is 1.33. The number of aromatic amines is 2. The van der Waals surface area contributed by atoms with Crippen molar-refractivity contribution in [3.8, 4) is 11.4 Å². The summed E-state index contributed by atoms with van der Waals surface area (Å²) in [5.74, 6) is 0.301.